The van der Waals surface area contributed by atoms with E-state index in [0.717, 1.165) is 11.3 Å². The molecule has 1 aromatic carbocycles. The maximum absolute atomic E-state index is 11.6. The molecule has 0 aliphatic carbocycles. The molecule has 0 saturated heterocycles. The van der Waals surface area contributed by atoms with Crippen LogP contribution < -0.4 is 11.1 Å². The van der Waals surface area contributed by atoms with Gasteiger partial charge in [-0.25, -0.2) is 0 Å². The van der Waals surface area contributed by atoms with Crippen LogP contribution in [-0.4, -0.2) is 17.7 Å². The van der Waals surface area contributed by atoms with E-state index in [-0.39, 0.29) is 11.9 Å². The lowest BCUT2D eigenvalue weighted by atomic mass is 10.3. The molecule has 0 saturated carbocycles. The Morgan fingerprint density at radius 3 is 2.88 bits per heavy atom. The third kappa shape index (κ3) is 4.48. The molecule has 1 rings (SSSR count). The summed E-state index contributed by atoms with van der Waals surface area (Å²) >= 11 is 7.38. The highest BCUT2D eigenvalue weighted by Crippen LogP contribution is 2.32. The molecule has 0 radical (unpaired) electrons. The standard InChI is InChI=1S/C12H17ClN2OS/c1-3-8(2)15-11(16)7-17-12-9(13)5-4-6-10(12)14/h4-6,8H,3,7,14H2,1-2H3,(H,15,16). The SMILES string of the molecule is CCC(C)NC(=O)CSc1c(N)cccc1Cl. The summed E-state index contributed by atoms with van der Waals surface area (Å²) in [5.41, 5.74) is 6.41. The fourth-order valence-electron chi connectivity index (χ4n) is 1.23. The predicted octanol–water partition coefficient (Wildman–Crippen LogP) is 2.93. The van der Waals surface area contributed by atoms with Gasteiger partial charge in [0.15, 0.2) is 0 Å². The lowest BCUT2D eigenvalue weighted by molar-refractivity contribution is -0.119. The van der Waals surface area contributed by atoms with E-state index in [0.29, 0.717) is 16.5 Å². The second kappa shape index (κ2) is 6.77. The zero-order chi connectivity index (χ0) is 12.8. The van der Waals surface area contributed by atoms with Crippen LogP contribution in [0.5, 0.6) is 0 Å². The summed E-state index contributed by atoms with van der Waals surface area (Å²) < 4.78 is 0. The summed E-state index contributed by atoms with van der Waals surface area (Å²) in [4.78, 5) is 12.4. The van der Waals surface area contributed by atoms with E-state index >= 15 is 0 Å². The van der Waals surface area contributed by atoms with Crippen LogP contribution in [0.1, 0.15) is 20.3 Å². The van der Waals surface area contributed by atoms with Gasteiger partial charge in [0.1, 0.15) is 0 Å². The molecule has 0 spiro atoms. The maximum Gasteiger partial charge on any atom is 0.230 e. The lowest BCUT2D eigenvalue weighted by Crippen LogP contribution is -2.33. The fourth-order valence-corrected chi connectivity index (χ4v) is 2.38. The maximum atomic E-state index is 11.6. The molecule has 94 valence electrons. The Kier molecular flexibility index (Phi) is 5.65. The highest BCUT2D eigenvalue weighted by Gasteiger charge is 2.09. The van der Waals surface area contributed by atoms with Crippen LogP contribution in [-0.2, 0) is 4.79 Å². The zero-order valence-electron chi connectivity index (χ0n) is 10.00. The first-order chi connectivity index (χ1) is 8.04. The normalized spacial score (nSPS) is 12.2. The molecule has 1 aromatic rings. The van der Waals surface area contributed by atoms with Gasteiger partial charge in [-0.15, -0.1) is 11.8 Å². The number of nitrogen functional groups attached to an aromatic ring is 1. The molecular formula is C12H17ClN2OS. The number of hydrogen-bond donors (Lipinski definition) is 2. The van der Waals surface area contributed by atoms with Crippen LogP contribution in [0.2, 0.25) is 5.02 Å². The molecule has 0 aliphatic heterocycles. The largest absolute Gasteiger partial charge is 0.398 e. The van der Waals surface area contributed by atoms with Crippen molar-refractivity contribution in [3.05, 3.63) is 23.2 Å². The minimum atomic E-state index is 0.00340. The van der Waals surface area contributed by atoms with Crippen molar-refractivity contribution in [2.24, 2.45) is 0 Å². The number of carbonyl (C=O) groups is 1. The van der Waals surface area contributed by atoms with E-state index in [2.05, 4.69) is 5.32 Å². The zero-order valence-corrected chi connectivity index (χ0v) is 11.6. The number of anilines is 1. The van der Waals surface area contributed by atoms with E-state index in [1.807, 2.05) is 13.8 Å². The first-order valence-corrected chi connectivity index (χ1v) is 6.87. The van der Waals surface area contributed by atoms with Crippen LogP contribution in [0.25, 0.3) is 0 Å². The Hall–Kier alpha value is -0.870. The third-order valence-electron chi connectivity index (χ3n) is 2.36. The van der Waals surface area contributed by atoms with Gasteiger partial charge < -0.3 is 11.1 Å². The molecule has 0 fully saturated rings. The van der Waals surface area contributed by atoms with Gasteiger partial charge in [-0.2, -0.15) is 0 Å². The fraction of sp³-hybridized carbons (Fsp3) is 0.417. The molecule has 0 heterocycles. The van der Waals surface area contributed by atoms with Crippen molar-refractivity contribution in [3.63, 3.8) is 0 Å². The number of nitrogens with one attached hydrogen (secondary N) is 1. The summed E-state index contributed by atoms with van der Waals surface area (Å²) in [5.74, 6) is 0.335. The average Bonchev–Trinajstić information content (AvgIpc) is 2.28. The molecule has 17 heavy (non-hydrogen) atoms. The third-order valence-corrected chi connectivity index (χ3v) is 3.94. The second-order valence-corrected chi connectivity index (χ2v) is 5.22. The Balaban J connectivity index is 2.53. The Morgan fingerprint density at radius 1 is 1.59 bits per heavy atom. The van der Waals surface area contributed by atoms with Crippen molar-refractivity contribution in [1.82, 2.24) is 5.32 Å². The van der Waals surface area contributed by atoms with E-state index in [1.54, 1.807) is 18.2 Å². The minimum Gasteiger partial charge on any atom is -0.398 e. The summed E-state index contributed by atoms with van der Waals surface area (Å²) in [7, 11) is 0. The van der Waals surface area contributed by atoms with Crippen LogP contribution in [0.3, 0.4) is 0 Å². The number of amides is 1. The average molecular weight is 273 g/mol. The van der Waals surface area contributed by atoms with Gasteiger partial charge in [0.25, 0.3) is 0 Å². The number of halogens is 1. The van der Waals surface area contributed by atoms with Gasteiger partial charge in [-0.3, -0.25) is 4.79 Å². The highest BCUT2D eigenvalue weighted by molar-refractivity contribution is 8.00. The molecule has 1 unspecified atom stereocenters. The smallest absolute Gasteiger partial charge is 0.230 e. The van der Waals surface area contributed by atoms with Gasteiger partial charge in [0.05, 0.1) is 10.8 Å². The summed E-state index contributed by atoms with van der Waals surface area (Å²) in [6, 6.07) is 5.54. The quantitative estimate of drug-likeness (QED) is 0.640. The van der Waals surface area contributed by atoms with Gasteiger partial charge >= 0.3 is 0 Å². The van der Waals surface area contributed by atoms with Crippen molar-refractivity contribution in [2.75, 3.05) is 11.5 Å². The molecule has 1 amide bonds. The first kappa shape index (κ1) is 14.2. The first-order valence-electron chi connectivity index (χ1n) is 5.50. The predicted molar refractivity (Wildman–Crippen MR) is 74.5 cm³/mol. The van der Waals surface area contributed by atoms with Crippen molar-refractivity contribution >= 4 is 35.0 Å². The van der Waals surface area contributed by atoms with Crippen LogP contribution in [0.15, 0.2) is 23.1 Å². The molecule has 3 nitrogen and oxygen atoms in total. The van der Waals surface area contributed by atoms with Gasteiger partial charge in [-0.05, 0) is 25.5 Å². The van der Waals surface area contributed by atoms with Gasteiger partial charge in [0.2, 0.25) is 5.91 Å². The van der Waals surface area contributed by atoms with Crippen molar-refractivity contribution in [1.29, 1.82) is 0 Å². The molecule has 0 aliphatic rings. The van der Waals surface area contributed by atoms with Gasteiger partial charge in [-0.1, -0.05) is 24.6 Å². The van der Waals surface area contributed by atoms with Crippen LogP contribution in [0.4, 0.5) is 5.69 Å². The molecule has 0 aromatic heterocycles. The summed E-state index contributed by atoms with van der Waals surface area (Å²) in [6.07, 6.45) is 0.921. The van der Waals surface area contributed by atoms with Crippen molar-refractivity contribution < 1.29 is 4.79 Å². The van der Waals surface area contributed by atoms with E-state index in [4.69, 9.17) is 17.3 Å². The Morgan fingerprint density at radius 2 is 2.29 bits per heavy atom. The number of nitrogens with two attached hydrogens (primary N) is 1. The van der Waals surface area contributed by atoms with Gasteiger partial charge in [0, 0.05) is 16.6 Å². The van der Waals surface area contributed by atoms with Crippen LogP contribution in [0, 0.1) is 0 Å². The second-order valence-electron chi connectivity index (χ2n) is 3.82. The number of thioether (sulfide) groups is 1. The molecule has 0 bridgehead atoms. The lowest BCUT2D eigenvalue weighted by Gasteiger charge is -2.12. The van der Waals surface area contributed by atoms with Crippen molar-refractivity contribution in [2.45, 2.75) is 31.2 Å². The number of benzene rings is 1. The monoisotopic (exact) mass is 272 g/mol. The summed E-state index contributed by atoms with van der Waals surface area (Å²) in [6.45, 7) is 4.01. The molecule has 1 atom stereocenters. The molecule has 5 heteroatoms. The Labute approximate surface area is 111 Å². The van der Waals surface area contributed by atoms with E-state index < -0.39 is 0 Å². The summed E-state index contributed by atoms with van der Waals surface area (Å²) in [5, 5.41) is 3.48. The number of carbonyl (C=O) groups excluding carboxylic acids is 1. The number of hydrogen-bond acceptors (Lipinski definition) is 3. The number of rotatable bonds is 5. The molecule has 3 N–H and O–H groups in total. The highest BCUT2D eigenvalue weighted by atomic mass is 35.5. The minimum absolute atomic E-state index is 0.00340. The Bertz CT molecular complexity index is 378. The van der Waals surface area contributed by atoms with E-state index in [1.165, 1.54) is 11.8 Å². The van der Waals surface area contributed by atoms with Crippen molar-refractivity contribution in [3.8, 4) is 0 Å². The van der Waals surface area contributed by atoms with Crippen LogP contribution >= 0.6 is 23.4 Å². The molecular weight excluding hydrogens is 256 g/mol. The topological polar surface area (TPSA) is 55.1 Å². The van der Waals surface area contributed by atoms with E-state index in [9.17, 15) is 4.79 Å².